The smallest absolute Gasteiger partial charge is 0.255 e. The molecule has 0 bridgehead atoms. The number of halogens is 1. The molecule has 0 saturated carbocycles. The highest BCUT2D eigenvalue weighted by Crippen LogP contribution is 2.24. The quantitative estimate of drug-likeness (QED) is 0.814. The van der Waals surface area contributed by atoms with E-state index in [0.717, 1.165) is 29.5 Å². The highest BCUT2D eigenvalue weighted by molar-refractivity contribution is 9.10. The predicted molar refractivity (Wildman–Crippen MR) is 68.4 cm³/mol. The third kappa shape index (κ3) is 2.29. The van der Waals surface area contributed by atoms with E-state index in [4.69, 9.17) is 0 Å². The van der Waals surface area contributed by atoms with Crippen LogP contribution in [0.15, 0.2) is 28.7 Å². The summed E-state index contributed by atoms with van der Waals surface area (Å²) >= 11 is 3.43. The van der Waals surface area contributed by atoms with E-state index in [1.807, 2.05) is 29.2 Å². The van der Waals surface area contributed by atoms with Crippen LogP contribution in [-0.4, -0.2) is 23.9 Å². The van der Waals surface area contributed by atoms with Crippen molar-refractivity contribution in [3.05, 3.63) is 34.3 Å². The second-order valence-corrected chi connectivity index (χ2v) is 5.15. The monoisotopic (exact) mass is 281 g/mol. The Morgan fingerprint density at radius 1 is 1.50 bits per heavy atom. The highest BCUT2D eigenvalue weighted by Gasteiger charge is 2.26. The van der Waals surface area contributed by atoms with Gasteiger partial charge in [0.15, 0.2) is 0 Å². The first-order valence-corrected chi connectivity index (χ1v) is 6.55. The third-order valence-electron chi connectivity index (χ3n) is 3.25. The van der Waals surface area contributed by atoms with Gasteiger partial charge in [-0.3, -0.25) is 4.79 Å². The van der Waals surface area contributed by atoms with Crippen molar-refractivity contribution in [3.8, 4) is 0 Å². The molecule has 1 unspecified atom stereocenters. The first-order valence-electron chi connectivity index (χ1n) is 5.76. The fraction of sp³-hybridized carbons (Fsp3) is 0.462. The number of carbonyl (C=O) groups excluding carboxylic acids is 1. The van der Waals surface area contributed by atoms with Gasteiger partial charge in [-0.05, 0) is 40.4 Å². The number of benzene rings is 1. The topological polar surface area (TPSA) is 20.3 Å². The summed E-state index contributed by atoms with van der Waals surface area (Å²) in [7, 11) is 0. The Morgan fingerprint density at radius 3 is 2.88 bits per heavy atom. The van der Waals surface area contributed by atoms with E-state index >= 15 is 0 Å². The average molecular weight is 282 g/mol. The number of amides is 1. The molecule has 0 aromatic heterocycles. The Kier molecular flexibility index (Phi) is 3.64. The highest BCUT2D eigenvalue weighted by atomic mass is 79.9. The van der Waals surface area contributed by atoms with Crippen molar-refractivity contribution >= 4 is 21.8 Å². The molecule has 1 fully saturated rings. The van der Waals surface area contributed by atoms with Crippen LogP contribution in [0.5, 0.6) is 0 Å². The minimum Gasteiger partial charge on any atom is -0.338 e. The maximum Gasteiger partial charge on any atom is 0.255 e. The Labute approximate surface area is 105 Å². The molecule has 1 aromatic carbocycles. The lowest BCUT2D eigenvalue weighted by atomic mass is 10.1. The molecule has 1 aliphatic heterocycles. The summed E-state index contributed by atoms with van der Waals surface area (Å²) in [5.41, 5.74) is 0.777. The van der Waals surface area contributed by atoms with Crippen molar-refractivity contribution in [1.82, 2.24) is 4.90 Å². The van der Waals surface area contributed by atoms with Gasteiger partial charge in [-0.2, -0.15) is 0 Å². The number of carbonyl (C=O) groups is 1. The number of hydrogen-bond acceptors (Lipinski definition) is 1. The summed E-state index contributed by atoms with van der Waals surface area (Å²) in [6, 6.07) is 7.64. The summed E-state index contributed by atoms with van der Waals surface area (Å²) in [4.78, 5) is 14.2. The Morgan fingerprint density at radius 2 is 2.25 bits per heavy atom. The van der Waals surface area contributed by atoms with Gasteiger partial charge < -0.3 is 4.90 Å². The van der Waals surface area contributed by atoms with E-state index in [1.165, 1.54) is 6.42 Å². The summed E-state index contributed by atoms with van der Waals surface area (Å²) in [5, 5.41) is 0. The minimum atomic E-state index is 0.156. The van der Waals surface area contributed by atoms with Crippen LogP contribution in [0.4, 0.5) is 0 Å². The van der Waals surface area contributed by atoms with Crippen molar-refractivity contribution in [2.75, 3.05) is 13.1 Å². The van der Waals surface area contributed by atoms with Crippen LogP contribution in [0, 0.1) is 5.92 Å². The number of rotatable bonds is 2. The van der Waals surface area contributed by atoms with Crippen molar-refractivity contribution in [1.29, 1.82) is 0 Å². The van der Waals surface area contributed by atoms with Gasteiger partial charge in [0.25, 0.3) is 5.91 Å². The molecule has 1 aliphatic rings. The molecule has 1 aromatic rings. The summed E-state index contributed by atoms with van der Waals surface area (Å²) in [6.45, 7) is 4.01. The molecule has 2 rings (SSSR count). The van der Waals surface area contributed by atoms with Crippen molar-refractivity contribution in [2.45, 2.75) is 19.8 Å². The lowest BCUT2D eigenvalue weighted by molar-refractivity contribution is 0.0786. The largest absolute Gasteiger partial charge is 0.338 e. The van der Waals surface area contributed by atoms with E-state index in [2.05, 4.69) is 22.9 Å². The second-order valence-electron chi connectivity index (χ2n) is 4.29. The number of hydrogen-bond donors (Lipinski definition) is 0. The molecule has 0 N–H and O–H groups in total. The minimum absolute atomic E-state index is 0.156. The van der Waals surface area contributed by atoms with Gasteiger partial charge >= 0.3 is 0 Å². The Bertz CT molecular complexity index is 391. The lowest BCUT2D eigenvalue weighted by Crippen LogP contribution is -2.28. The van der Waals surface area contributed by atoms with Gasteiger partial charge in [-0.25, -0.2) is 0 Å². The van der Waals surface area contributed by atoms with Crippen LogP contribution in [-0.2, 0) is 0 Å². The van der Waals surface area contributed by atoms with Crippen LogP contribution >= 0.6 is 15.9 Å². The average Bonchev–Trinajstić information content (AvgIpc) is 2.77. The van der Waals surface area contributed by atoms with Gasteiger partial charge in [0.1, 0.15) is 0 Å². The Balaban J connectivity index is 2.12. The van der Waals surface area contributed by atoms with Crippen LogP contribution in [0.1, 0.15) is 30.1 Å². The Hall–Kier alpha value is -0.830. The fourth-order valence-corrected chi connectivity index (χ4v) is 2.61. The zero-order valence-electron chi connectivity index (χ0n) is 9.45. The fourth-order valence-electron chi connectivity index (χ4n) is 2.16. The van der Waals surface area contributed by atoms with Gasteiger partial charge in [-0.1, -0.05) is 25.5 Å². The zero-order chi connectivity index (χ0) is 11.5. The van der Waals surface area contributed by atoms with Crippen LogP contribution in [0.25, 0.3) is 0 Å². The first kappa shape index (κ1) is 11.6. The van der Waals surface area contributed by atoms with Gasteiger partial charge in [0.2, 0.25) is 0 Å². The predicted octanol–water partition coefficient (Wildman–Crippen LogP) is 3.32. The van der Waals surface area contributed by atoms with Gasteiger partial charge in [0, 0.05) is 17.6 Å². The summed E-state index contributed by atoms with van der Waals surface area (Å²) in [6.07, 6.45) is 2.31. The molecule has 1 saturated heterocycles. The molecule has 1 atom stereocenters. The van der Waals surface area contributed by atoms with Gasteiger partial charge in [0.05, 0.1) is 5.56 Å². The molecular weight excluding hydrogens is 266 g/mol. The molecule has 1 heterocycles. The molecule has 0 radical (unpaired) electrons. The standard InChI is InChI=1S/C13H16BrNO/c1-2-10-7-8-15(9-10)13(16)11-5-3-4-6-12(11)14/h3-6,10H,2,7-9H2,1H3. The molecular formula is C13H16BrNO. The molecule has 3 heteroatoms. The van der Waals surface area contributed by atoms with Crippen LogP contribution < -0.4 is 0 Å². The SMILES string of the molecule is CCC1CCN(C(=O)c2ccccc2Br)C1. The molecule has 86 valence electrons. The first-order chi connectivity index (χ1) is 7.72. The van der Waals surface area contributed by atoms with Crippen molar-refractivity contribution < 1.29 is 4.79 Å². The maximum absolute atomic E-state index is 12.2. The third-order valence-corrected chi connectivity index (χ3v) is 3.95. The van der Waals surface area contributed by atoms with E-state index in [0.29, 0.717) is 5.92 Å². The van der Waals surface area contributed by atoms with E-state index in [1.54, 1.807) is 0 Å². The second kappa shape index (κ2) is 5.00. The maximum atomic E-state index is 12.2. The normalized spacial score (nSPS) is 20.1. The number of likely N-dealkylation sites (tertiary alicyclic amines) is 1. The van der Waals surface area contributed by atoms with Gasteiger partial charge in [-0.15, -0.1) is 0 Å². The van der Waals surface area contributed by atoms with E-state index in [9.17, 15) is 4.79 Å². The number of nitrogens with zero attached hydrogens (tertiary/aromatic N) is 1. The van der Waals surface area contributed by atoms with E-state index in [-0.39, 0.29) is 5.91 Å². The molecule has 2 nitrogen and oxygen atoms in total. The molecule has 16 heavy (non-hydrogen) atoms. The molecule has 0 spiro atoms. The summed E-state index contributed by atoms with van der Waals surface area (Å²) < 4.78 is 0.889. The molecule has 1 amide bonds. The van der Waals surface area contributed by atoms with Crippen LogP contribution in [0.2, 0.25) is 0 Å². The van der Waals surface area contributed by atoms with E-state index < -0.39 is 0 Å². The van der Waals surface area contributed by atoms with Crippen LogP contribution in [0.3, 0.4) is 0 Å². The zero-order valence-corrected chi connectivity index (χ0v) is 11.0. The van der Waals surface area contributed by atoms with Crippen molar-refractivity contribution in [2.24, 2.45) is 5.92 Å². The summed E-state index contributed by atoms with van der Waals surface area (Å²) in [5.74, 6) is 0.842. The lowest BCUT2D eigenvalue weighted by Gasteiger charge is -2.17. The molecule has 0 aliphatic carbocycles. The van der Waals surface area contributed by atoms with Crippen molar-refractivity contribution in [3.63, 3.8) is 0 Å².